The van der Waals surface area contributed by atoms with Crippen LogP contribution in [0.3, 0.4) is 0 Å². The smallest absolute Gasteiger partial charge is 0.336 e. The summed E-state index contributed by atoms with van der Waals surface area (Å²) in [6, 6.07) is 0. The number of hydrogen-bond acceptors (Lipinski definition) is 5. The van der Waals surface area contributed by atoms with Crippen LogP contribution < -0.4 is 0 Å². The standard InChI is InChI=1S/C21H32O5.2Ac/c1-13-5-6-17-20(2,9-7-18(23)21(17,3)12-22)15(13)11-16(25-4)14-8-10-26-19(14)24;;/h8,15-18,22-23H,1,5-7,9-12H2,2-4H3;;/t15-,16?,17?,18?,20+,21-;;/m0../s1. The van der Waals surface area contributed by atoms with E-state index in [0.717, 1.165) is 19.3 Å². The molecule has 0 bridgehead atoms. The molecule has 28 heavy (non-hydrogen) atoms. The number of aliphatic hydroxyl groups excluding tert-OH is 2. The monoisotopic (exact) mass is 818 g/mol. The summed E-state index contributed by atoms with van der Waals surface area (Å²) in [5, 5.41) is 20.7. The third-order valence-electron chi connectivity index (χ3n) is 7.53. The summed E-state index contributed by atoms with van der Waals surface area (Å²) >= 11 is 0. The Labute approximate surface area is 240 Å². The van der Waals surface area contributed by atoms with Crippen molar-refractivity contribution in [1.82, 2.24) is 0 Å². The molecule has 3 unspecified atom stereocenters. The summed E-state index contributed by atoms with van der Waals surface area (Å²) in [5.74, 6) is 0.0966. The maximum atomic E-state index is 12.0. The molecule has 6 atom stereocenters. The van der Waals surface area contributed by atoms with Crippen molar-refractivity contribution < 1.29 is 113 Å². The van der Waals surface area contributed by atoms with E-state index >= 15 is 0 Å². The van der Waals surface area contributed by atoms with E-state index < -0.39 is 11.5 Å². The van der Waals surface area contributed by atoms with Crippen LogP contribution in [0.4, 0.5) is 0 Å². The van der Waals surface area contributed by atoms with Crippen LogP contribution in [0.2, 0.25) is 0 Å². The molecule has 0 saturated heterocycles. The molecule has 152 valence electrons. The quantitative estimate of drug-likeness (QED) is 0.330. The fraction of sp³-hybridized carbons (Fsp3) is 0.762. The van der Waals surface area contributed by atoms with Crippen molar-refractivity contribution in [3.63, 3.8) is 0 Å². The second-order valence-corrected chi connectivity index (χ2v) is 8.74. The number of ether oxygens (including phenoxy) is 2. The van der Waals surface area contributed by atoms with Crippen molar-refractivity contribution in [2.45, 2.75) is 58.2 Å². The van der Waals surface area contributed by atoms with Crippen molar-refractivity contribution >= 4 is 5.97 Å². The van der Waals surface area contributed by atoms with Crippen LogP contribution >= 0.6 is 0 Å². The van der Waals surface area contributed by atoms with Gasteiger partial charge in [0.1, 0.15) is 6.61 Å². The molecule has 2 fully saturated rings. The SMILES string of the molecule is C=C1CCC2[C@](C)(CO)C(O)CC[C@]2(C)[C@H]1CC(OC)C1=CCOC1=O.[Ac].[Ac]. The zero-order valence-corrected chi connectivity index (χ0v) is 26.8. The molecule has 0 amide bonds. The first-order valence-corrected chi connectivity index (χ1v) is 9.64. The van der Waals surface area contributed by atoms with Gasteiger partial charge >= 0.3 is 5.97 Å². The van der Waals surface area contributed by atoms with Crippen LogP contribution in [0.15, 0.2) is 23.8 Å². The van der Waals surface area contributed by atoms with Crippen LogP contribution in [0.1, 0.15) is 46.0 Å². The fourth-order valence-electron chi connectivity index (χ4n) is 5.84. The van der Waals surface area contributed by atoms with E-state index in [1.165, 1.54) is 5.57 Å². The summed E-state index contributed by atoms with van der Waals surface area (Å²) < 4.78 is 10.7. The minimum absolute atomic E-state index is 0. The van der Waals surface area contributed by atoms with Gasteiger partial charge in [-0.15, -0.1) is 0 Å². The number of allylic oxidation sites excluding steroid dienone is 1. The molecule has 0 aromatic heterocycles. The largest absolute Gasteiger partial charge is 0.458 e. The topological polar surface area (TPSA) is 76.0 Å². The minimum Gasteiger partial charge on any atom is -0.458 e. The van der Waals surface area contributed by atoms with Gasteiger partial charge in [-0.05, 0) is 55.4 Å². The Morgan fingerprint density at radius 3 is 2.57 bits per heavy atom. The number of hydrogen-bond donors (Lipinski definition) is 2. The maximum absolute atomic E-state index is 12.0. The molecule has 1 heterocycles. The zero-order chi connectivity index (χ0) is 19.1. The van der Waals surface area contributed by atoms with Crippen molar-refractivity contribution in [3.8, 4) is 0 Å². The molecular weight excluding hydrogens is 786 g/mol. The number of carbonyl (C=O) groups is 1. The van der Waals surface area contributed by atoms with Crippen LogP contribution in [-0.2, 0) is 14.3 Å². The Kier molecular flexibility index (Phi) is 10.9. The van der Waals surface area contributed by atoms with Gasteiger partial charge in [-0.2, -0.15) is 0 Å². The van der Waals surface area contributed by atoms with Crippen molar-refractivity contribution in [1.29, 1.82) is 0 Å². The number of aliphatic hydroxyl groups is 2. The van der Waals surface area contributed by atoms with E-state index in [1.54, 1.807) is 7.11 Å². The van der Waals surface area contributed by atoms with Crippen LogP contribution in [-0.4, -0.2) is 48.7 Å². The van der Waals surface area contributed by atoms with Gasteiger partial charge in [0.05, 0.1) is 24.4 Å². The summed E-state index contributed by atoms with van der Waals surface area (Å²) in [6.07, 6.45) is 5.08. The van der Waals surface area contributed by atoms with Gasteiger partial charge in [0.2, 0.25) is 0 Å². The molecule has 7 heteroatoms. The van der Waals surface area contributed by atoms with Gasteiger partial charge < -0.3 is 19.7 Å². The molecule has 0 aromatic rings. The molecule has 3 rings (SSSR count). The predicted molar refractivity (Wildman–Crippen MR) is 98.4 cm³/mol. The Morgan fingerprint density at radius 1 is 1.36 bits per heavy atom. The molecule has 5 nitrogen and oxygen atoms in total. The second-order valence-electron chi connectivity index (χ2n) is 8.74. The van der Waals surface area contributed by atoms with Gasteiger partial charge in [-0.3, -0.25) is 0 Å². The predicted octanol–water partition coefficient (Wildman–Crippen LogP) is 2.62. The van der Waals surface area contributed by atoms with E-state index in [-0.39, 0.29) is 124 Å². The number of rotatable bonds is 5. The average molecular weight is 818 g/mol. The Hall–Kier alpha value is 1.71. The van der Waals surface area contributed by atoms with Gasteiger partial charge in [0, 0.05) is 101 Å². The number of methoxy groups -OCH3 is 1. The van der Waals surface area contributed by atoms with E-state index in [0.29, 0.717) is 25.0 Å². The van der Waals surface area contributed by atoms with Crippen molar-refractivity contribution in [2.24, 2.45) is 22.7 Å². The van der Waals surface area contributed by atoms with Crippen LogP contribution in [0, 0.1) is 111 Å². The first kappa shape index (κ1) is 27.7. The molecule has 3 aliphatic rings. The van der Waals surface area contributed by atoms with Crippen molar-refractivity contribution in [2.75, 3.05) is 20.3 Å². The van der Waals surface area contributed by atoms with Gasteiger partial charge in [-0.25, -0.2) is 4.79 Å². The maximum Gasteiger partial charge on any atom is 0.336 e. The molecule has 2 saturated carbocycles. The Balaban J connectivity index is 0.00000196. The van der Waals surface area contributed by atoms with E-state index in [2.05, 4.69) is 13.5 Å². The van der Waals surface area contributed by atoms with Crippen LogP contribution in [0.25, 0.3) is 0 Å². The second kappa shape index (κ2) is 11.0. The summed E-state index contributed by atoms with van der Waals surface area (Å²) in [6.45, 7) is 8.91. The first-order chi connectivity index (χ1) is 12.3. The first-order valence-electron chi connectivity index (χ1n) is 9.64. The van der Waals surface area contributed by atoms with E-state index in [9.17, 15) is 15.0 Å². The molecule has 2 N–H and O–H groups in total. The van der Waals surface area contributed by atoms with Crippen molar-refractivity contribution in [3.05, 3.63) is 23.8 Å². The molecule has 2 radical (unpaired) electrons. The third-order valence-corrected chi connectivity index (χ3v) is 7.53. The summed E-state index contributed by atoms with van der Waals surface area (Å²) in [7, 11) is 1.63. The average Bonchev–Trinajstić information content (AvgIpc) is 3.04. The minimum atomic E-state index is -0.500. The molecule has 1 aliphatic heterocycles. The number of fused-ring (bicyclic) bond motifs is 1. The third kappa shape index (κ3) is 4.87. The molecule has 2 aliphatic carbocycles. The number of cyclic esters (lactones) is 1. The Bertz CT molecular complexity index is 622. The molecular formula is C21H32Ac2O5. The zero-order valence-electron chi connectivity index (χ0n) is 17.3. The van der Waals surface area contributed by atoms with Gasteiger partial charge in [-0.1, -0.05) is 26.0 Å². The van der Waals surface area contributed by atoms with E-state index in [1.807, 2.05) is 13.0 Å². The van der Waals surface area contributed by atoms with Crippen LogP contribution in [0.5, 0.6) is 0 Å². The number of esters is 1. The summed E-state index contributed by atoms with van der Waals surface area (Å²) in [5.41, 5.74) is 1.22. The normalized spacial score (nSPS) is 38.5. The van der Waals surface area contributed by atoms with Gasteiger partial charge in [0.15, 0.2) is 0 Å². The van der Waals surface area contributed by atoms with E-state index in [4.69, 9.17) is 9.47 Å². The van der Waals surface area contributed by atoms with Gasteiger partial charge in [0.25, 0.3) is 0 Å². The summed E-state index contributed by atoms with van der Waals surface area (Å²) in [4.78, 5) is 12.0. The fourth-order valence-corrected chi connectivity index (χ4v) is 5.84. The number of carbonyl (C=O) groups excluding carboxylic acids is 1. The molecule has 0 aromatic carbocycles. The Morgan fingerprint density at radius 2 is 2.04 bits per heavy atom. The molecule has 0 spiro atoms.